The SMILES string of the molecule is CC1(C)c2ccccc2-c2c(N(c3ccc(-c4cccc5c4sc4c6ccccc6ccc54)cc3)c3ccc(-c4ccccc4)cc3-c3ccccc3)cccc21. The van der Waals surface area contributed by atoms with Crippen LogP contribution in [0.5, 0.6) is 0 Å². The Morgan fingerprint density at radius 1 is 0.386 bits per heavy atom. The third-order valence-corrected chi connectivity index (χ3v) is 13.4. The van der Waals surface area contributed by atoms with Gasteiger partial charge < -0.3 is 4.90 Å². The van der Waals surface area contributed by atoms with Crippen molar-refractivity contribution in [3.63, 3.8) is 0 Å². The number of anilines is 3. The Morgan fingerprint density at radius 2 is 1.00 bits per heavy atom. The summed E-state index contributed by atoms with van der Waals surface area (Å²) in [5, 5.41) is 5.25. The molecule has 1 aliphatic rings. The average Bonchev–Trinajstić information content (AvgIpc) is 3.78. The van der Waals surface area contributed by atoms with Crippen LogP contribution in [-0.4, -0.2) is 0 Å². The molecule has 2 heteroatoms. The number of hydrogen-bond donors (Lipinski definition) is 0. The van der Waals surface area contributed by atoms with E-state index < -0.39 is 0 Å². The van der Waals surface area contributed by atoms with Crippen LogP contribution in [0.15, 0.2) is 200 Å². The molecule has 57 heavy (non-hydrogen) atoms. The van der Waals surface area contributed by atoms with Gasteiger partial charge >= 0.3 is 0 Å². The summed E-state index contributed by atoms with van der Waals surface area (Å²) in [6, 6.07) is 73.8. The van der Waals surface area contributed by atoms with Crippen LogP contribution in [0.1, 0.15) is 25.0 Å². The van der Waals surface area contributed by atoms with Gasteiger partial charge in [-0.25, -0.2) is 0 Å². The number of hydrogen-bond acceptors (Lipinski definition) is 2. The third kappa shape index (κ3) is 5.36. The molecule has 1 heterocycles. The van der Waals surface area contributed by atoms with Crippen molar-refractivity contribution in [2.45, 2.75) is 19.3 Å². The summed E-state index contributed by atoms with van der Waals surface area (Å²) in [6.07, 6.45) is 0. The molecule has 0 spiro atoms. The van der Waals surface area contributed by atoms with E-state index in [1.165, 1.54) is 92.3 Å². The molecule has 0 amide bonds. The second-order valence-electron chi connectivity index (χ2n) is 15.7. The Hall–Kier alpha value is -6.74. The van der Waals surface area contributed by atoms with Gasteiger partial charge in [0, 0.05) is 42.4 Å². The lowest BCUT2D eigenvalue weighted by Crippen LogP contribution is -2.16. The Morgan fingerprint density at radius 3 is 1.82 bits per heavy atom. The van der Waals surface area contributed by atoms with Gasteiger partial charge in [0.05, 0.1) is 11.4 Å². The van der Waals surface area contributed by atoms with Crippen molar-refractivity contribution in [2.75, 3.05) is 4.90 Å². The molecule has 1 aromatic heterocycles. The van der Waals surface area contributed by atoms with Crippen LogP contribution in [0.3, 0.4) is 0 Å². The van der Waals surface area contributed by atoms with Crippen LogP contribution in [0.4, 0.5) is 17.1 Å². The first kappa shape index (κ1) is 33.6. The molecular weight excluding hydrogens is 707 g/mol. The minimum Gasteiger partial charge on any atom is -0.309 e. The first-order valence-corrected chi connectivity index (χ1v) is 20.6. The Labute approximate surface area is 337 Å². The minimum absolute atomic E-state index is 0.120. The maximum absolute atomic E-state index is 2.50. The van der Waals surface area contributed by atoms with Crippen LogP contribution in [0, 0.1) is 0 Å². The fraction of sp³-hybridized carbons (Fsp3) is 0.0545. The highest BCUT2D eigenvalue weighted by Crippen LogP contribution is 2.55. The van der Waals surface area contributed by atoms with Gasteiger partial charge in [-0.1, -0.05) is 184 Å². The molecule has 0 unspecified atom stereocenters. The molecule has 10 aromatic rings. The standard InChI is InChI=1S/C55H39NS/c1-55(2)48-24-12-11-21-46(48)52-49(55)25-14-26-51(52)56(50-34-30-40(36-15-5-3-6-16-36)35-47(50)37-17-7-4-8-18-37)41-31-27-39(28-32-41)43-22-13-23-44-45-33-29-38-19-9-10-20-42(38)54(45)57-53(43)44/h3-35H,1-2H3. The fourth-order valence-corrected chi connectivity index (χ4v) is 10.6. The highest BCUT2D eigenvalue weighted by molar-refractivity contribution is 7.27. The van der Waals surface area contributed by atoms with Crippen molar-refractivity contribution < 1.29 is 0 Å². The summed E-state index contributed by atoms with van der Waals surface area (Å²) < 4.78 is 2.68. The van der Waals surface area contributed by atoms with Crippen LogP contribution in [0.25, 0.3) is 75.5 Å². The van der Waals surface area contributed by atoms with Gasteiger partial charge in [-0.2, -0.15) is 0 Å². The molecule has 0 saturated carbocycles. The zero-order valence-electron chi connectivity index (χ0n) is 31.9. The monoisotopic (exact) mass is 745 g/mol. The highest BCUT2D eigenvalue weighted by Gasteiger charge is 2.38. The average molecular weight is 746 g/mol. The minimum atomic E-state index is -0.120. The normalized spacial score (nSPS) is 12.9. The van der Waals surface area contributed by atoms with E-state index in [4.69, 9.17) is 0 Å². The first-order valence-electron chi connectivity index (χ1n) is 19.8. The third-order valence-electron chi connectivity index (χ3n) is 12.1. The van der Waals surface area contributed by atoms with Gasteiger partial charge in [-0.15, -0.1) is 11.3 Å². The quantitative estimate of drug-likeness (QED) is 0.164. The number of rotatable bonds is 6. The predicted octanol–water partition coefficient (Wildman–Crippen LogP) is 16.0. The van der Waals surface area contributed by atoms with E-state index in [0.717, 1.165) is 11.4 Å². The fourth-order valence-electron chi connectivity index (χ4n) is 9.26. The van der Waals surface area contributed by atoms with E-state index in [1.807, 2.05) is 11.3 Å². The smallest absolute Gasteiger partial charge is 0.0543 e. The van der Waals surface area contributed by atoms with E-state index >= 15 is 0 Å². The molecule has 1 nitrogen and oxygen atoms in total. The van der Waals surface area contributed by atoms with Crippen LogP contribution < -0.4 is 4.90 Å². The molecule has 0 saturated heterocycles. The van der Waals surface area contributed by atoms with Crippen molar-refractivity contribution in [1.29, 1.82) is 0 Å². The summed E-state index contributed by atoms with van der Waals surface area (Å²) in [5.74, 6) is 0. The number of benzene rings is 9. The molecule has 1 aliphatic carbocycles. The number of thiophene rings is 1. The number of fused-ring (bicyclic) bond motifs is 8. The zero-order chi connectivity index (χ0) is 38.1. The molecule has 0 fully saturated rings. The summed E-state index contributed by atoms with van der Waals surface area (Å²) in [7, 11) is 0. The van der Waals surface area contributed by atoms with E-state index in [1.54, 1.807) is 0 Å². The Bertz CT molecular complexity index is 3140. The lowest BCUT2D eigenvalue weighted by atomic mass is 9.82. The lowest BCUT2D eigenvalue weighted by Gasteiger charge is -2.31. The van der Waals surface area contributed by atoms with E-state index in [9.17, 15) is 0 Å². The maximum atomic E-state index is 2.50. The molecule has 11 rings (SSSR count). The molecule has 0 aliphatic heterocycles. The second kappa shape index (κ2) is 13.2. The molecule has 270 valence electrons. The van der Waals surface area contributed by atoms with Gasteiger partial charge in [0.25, 0.3) is 0 Å². The van der Waals surface area contributed by atoms with Crippen molar-refractivity contribution in [1.82, 2.24) is 0 Å². The summed E-state index contributed by atoms with van der Waals surface area (Å²) in [6.45, 7) is 4.73. The van der Waals surface area contributed by atoms with Gasteiger partial charge in [-0.05, 0) is 85.6 Å². The van der Waals surface area contributed by atoms with Crippen LogP contribution in [-0.2, 0) is 5.41 Å². The van der Waals surface area contributed by atoms with E-state index in [-0.39, 0.29) is 5.41 Å². The van der Waals surface area contributed by atoms with Crippen molar-refractivity contribution >= 4 is 59.3 Å². The first-order chi connectivity index (χ1) is 28.0. The number of nitrogens with zero attached hydrogens (tertiary/aromatic N) is 1. The molecule has 9 aromatic carbocycles. The van der Waals surface area contributed by atoms with Gasteiger partial charge in [0.2, 0.25) is 0 Å². The van der Waals surface area contributed by atoms with Gasteiger partial charge in [0.1, 0.15) is 0 Å². The van der Waals surface area contributed by atoms with Gasteiger partial charge in [0.15, 0.2) is 0 Å². The Kier molecular flexibility index (Phi) is 7.77. The second-order valence-corrected chi connectivity index (χ2v) is 16.7. The molecular formula is C55H39NS. The summed E-state index contributed by atoms with van der Waals surface area (Å²) in [5.41, 5.74) is 15.9. The largest absolute Gasteiger partial charge is 0.309 e. The van der Waals surface area contributed by atoms with Crippen molar-refractivity contribution in [2.24, 2.45) is 0 Å². The topological polar surface area (TPSA) is 3.24 Å². The lowest BCUT2D eigenvalue weighted by molar-refractivity contribution is 0.660. The Balaban J connectivity index is 1.13. The highest BCUT2D eigenvalue weighted by atomic mass is 32.1. The van der Waals surface area contributed by atoms with Crippen LogP contribution in [0.2, 0.25) is 0 Å². The zero-order valence-corrected chi connectivity index (χ0v) is 32.7. The molecule has 0 radical (unpaired) electrons. The van der Waals surface area contributed by atoms with Crippen molar-refractivity contribution in [3.8, 4) is 44.5 Å². The molecule has 0 atom stereocenters. The van der Waals surface area contributed by atoms with E-state index in [0.29, 0.717) is 0 Å². The summed E-state index contributed by atoms with van der Waals surface area (Å²) >= 11 is 1.91. The summed E-state index contributed by atoms with van der Waals surface area (Å²) in [4.78, 5) is 2.50. The maximum Gasteiger partial charge on any atom is 0.0543 e. The van der Waals surface area contributed by atoms with Crippen LogP contribution >= 0.6 is 11.3 Å². The molecule has 0 N–H and O–H groups in total. The van der Waals surface area contributed by atoms with Gasteiger partial charge in [-0.3, -0.25) is 0 Å². The predicted molar refractivity (Wildman–Crippen MR) is 245 cm³/mol. The van der Waals surface area contributed by atoms with Crippen molar-refractivity contribution in [3.05, 3.63) is 211 Å². The van der Waals surface area contributed by atoms with E-state index in [2.05, 4.69) is 219 Å². The molecule has 0 bridgehead atoms.